The lowest BCUT2D eigenvalue weighted by molar-refractivity contribution is -0.237. The molecule has 0 heterocycles. The smallest absolute Gasteiger partial charge is 0.403 e. The number of carbonyl (C=O) groups excluding carboxylic acids is 2. The molecule has 0 saturated carbocycles. The van der Waals surface area contributed by atoms with E-state index in [9.17, 15) is 27.2 Å². The molecule has 0 aromatic carbocycles. The summed E-state index contributed by atoms with van der Waals surface area (Å²) in [4.78, 5) is 19.9. The molecule has 0 atom stereocenters. The summed E-state index contributed by atoms with van der Waals surface area (Å²) in [6.07, 6.45) is 0. The number of halogens is 6. The molecule has 10 heteroatoms. The van der Waals surface area contributed by atoms with Crippen molar-refractivity contribution in [2.75, 3.05) is 13.2 Å². The van der Waals surface area contributed by atoms with Gasteiger partial charge in [-0.3, -0.25) is 0 Å². The lowest BCUT2D eigenvalue weighted by Gasteiger charge is -2.24. The van der Waals surface area contributed by atoms with Crippen LogP contribution in [-0.4, -0.2) is 35.9 Å². The van der Waals surface area contributed by atoms with Crippen LogP contribution in [0.5, 0.6) is 0 Å². The van der Waals surface area contributed by atoms with Gasteiger partial charge in [0.25, 0.3) is 0 Å². The Morgan fingerprint density at radius 1 is 0.875 bits per heavy atom. The van der Waals surface area contributed by atoms with Gasteiger partial charge < -0.3 is 9.47 Å². The summed E-state index contributed by atoms with van der Waals surface area (Å²) in [6, 6.07) is 0. The molecule has 4 nitrogen and oxygen atoms in total. The molecule has 0 aliphatic carbocycles. The van der Waals surface area contributed by atoms with Crippen LogP contribution in [0.1, 0.15) is 0 Å². The van der Waals surface area contributed by atoms with Crippen LogP contribution in [0, 0.1) is 0 Å². The van der Waals surface area contributed by atoms with Gasteiger partial charge in [-0.1, -0.05) is 0 Å². The van der Waals surface area contributed by atoms with Gasteiger partial charge in [0.05, 0.1) is 0 Å². The Kier molecular flexibility index (Phi) is 5.27. The minimum atomic E-state index is -4.73. The second-order valence-corrected chi connectivity index (χ2v) is 3.08. The Morgan fingerprint density at radius 3 is 1.31 bits per heavy atom. The van der Waals surface area contributed by atoms with Gasteiger partial charge in [0.2, 0.25) is 0 Å². The molecule has 0 aromatic heterocycles. The quantitative estimate of drug-likeness (QED) is 0.576. The van der Waals surface area contributed by atoms with E-state index in [1.165, 1.54) is 0 Å². The molecule has 0 N–H and O–H groups in total. The molecule has 0 bridgehead atoms. The second-order valence-electron chi connectivity index (χ2n) is 2.46. The minimum absolute atomic E-state index is 1.66. The molecule has 16 heavy (non-hydrogen) atoms. The summed E-state index contributed by atoms with van der Waals surface area (Å²) in [5.41, 5.74) is -3.32. The maximum Gasteiger partial charge on any atom is 0.403 e. The molecule has 0 fully saturated rings. The van der Waals surface area contributed by atoms with Crippen molar-refractivity contribution in [1.29, 1.82) is 0 Å². The second kappa shape index (κ2) is 5.53. The van der Waals surface area contributed by atoms with Crippen LogP contribution < -0.4 is 0 Å². The predicted molar refractivity (Wildman–Crippen MR) is 44.3 cm³/mol. The van der Waals surface area contributed by atoms with Crippen LogP contribution in [0.25, 0.3) is 0 Å². The van der Waals surface area contributed by atoms with Crippen molar-refractivity contribution >= 4 is 34.1 Å². The van der Waals surface area contributed by atoms with E-state index in [1.54, 1.807) is 0 Å². The third kappa shape index (κ3) is 4.84. The van der Waals surface area contributed by atoms with E-state index in [0.717, 1.165) is 0 Å². The van der Waals surface area contributed by atoms with Crippen LogP contribution in [0.3, 0.4) is 0 Å². The largest absolute Gasteiger partial charge is 0.447 e. The lowest BCUT2D eigenvalue weighted by Crippen LogP contribution is -2.47. The topological polar surface area (TPSA) is 52.6 Å². The Bertz CT molecular complexity index is 256. The molecular formula is C6H4Cl2F4O4. The van der Waals surface area contributed by atoms with Crippen LogP contribution in [0.15, 0.2) is 0 Å². The Balaban J connectivity index is 4.44. The minimum Gasteiger partial charge on any atom is -0.447 e. The SMILES string of the molecule is O=C(Cl)OCC(F)(F)C(F)(F)COC(=O)Cl. The first-order chi connectivity index (χ1) is 7.08. The van der Waals surface area contributed by atoms with E-state index in [1.807, 2.05) is 0 Å². The molecule has 0 saturated heterocycles. The molecule has 0 aliphatic heterocycles. The van der Waals surface area contributed by atoms with Gasteiger partial charge in [-0.2, -0.15) is 17.6 Å². The first-order valence-electron chi connectivity index (χ1n) is 3.48. The third-order valence-electron chi connectivity index (χ3n) is 1.27. The van der Waals surface area contributed by atoms with Crippen molar-refractivity contribution in [2.24, 2.45) is 0 Å². The number of hydrogen-bond donors (Lipinski definition) is 0. The third-order valence-corrected chi connectivity index (χ3v) is 1.49. The summed E-state index contributed by atoms with van der Waals surface area (Å²) in [5.74, 6) is -9.46. The standard InChI is InChI=1S/C6H4Cl2F4O4/c7-3(13)15-1-5(9,10)6(11,12)2-16-4(8)14/h1-2H2. The van der Waals surface area contributed by atoms with Gasteiger partial charge in [-0.25, -0.2) is 9.59 Å². The van der Waals surface area contributed by atoms with Gasteiger partial charge in [0, 0.05) is 23.2 Å². The maximum absolute atomic E-state index is 12.7. The number of hydrogen-bond acceptors (Lipinski definition) is 4. The summed E-state index contributed by atoms with van der Waals surface area (Å²) < 4.78 is 57.8. The number of ether oxygens (including phenoxy) is 2. The van der Waals surface area contributed by atoms with Crippen LogP contribution in [-0.2, 0) is 9.47 Å². The summed E-state index contributed by atoms with van der Waals surface area (Å²) >= 11 is 9.03. The zero-order valence-electron chi connectivity index (χ0n) is 7.31. The van der Waals surface area contributed by atoms with E-state index in [4.69, 9.17) is 0 Å². The van der Waals surface area contributed by atoms with E-state index >= 15 is 0 Å². The fourth-order valence-electron chi connectivity index (χ4n) is 0.506. The fraction of sp³-hybridized carbons (Fsp3) is 0.667. The lowest BCUT2D eigenvalue weighted by atomic mass is 10.2. The Morgan fingerprint density at radius 2 is 1.12 bits per heavy atom. The van der Waals surface area contributed by atoms with Gasteiger partial charge in [-0.15, -0.1) is 0 Å². The molecule has 0 rings (SSSR count). The highest BCUT2D eigenvalue weighted by Crippen LogP contribution is 2.35. The summed E-state index contributed by atoms with van der Waals surface area (Å²) in [5, 5.41) is 0. The molecule has 0 amide bonds. The van der Waals surface area contributed by atoms with Crippen LogP contribution in [0.4, 0.5) is 27.2 Å². The van der Waals surface area contributed by atoms with E-state index in [-0.39, 0.29) is 0 Å². The molecule has 0 spiro atoms. The number of carbonyl (C=O) groups is 2. The summed E-state index contributed by atoms with van der Waals surface area (Å²) in [6.45, 7) is -3.88. The highest BCUT2D eigenvalue weighted by molar-refractivity contribution is 6.61. The van der Waals surface area contributed by atoms with Gasteiger partial charge in [-0.05, 0) is 0 Å². The van der Waals surface area contributed by atoms with Gasteiger partial charge in [0.1, 0.15) is 0 Å². The molecule has 0 aliphatic rings. The zero-order valence-corrected chi connectivity index (χ0v) is 8.83. The van der Waals surface area contributed by atoms with Crippen molar-refractivity contribution in [3.8, 4) is 0 Å². The van der Waals surface area contributed by atoms with E-state index < -0.39 is 35.9 Å². The van der Waals surface area contributed by atoms with Crippen LogP contribution >= 0.6 is 23.2 Å². The van der Waals surface area contributed by atoms with E-state index in [2.05, 4.69) is 32.7 Å². The highest BCUT2D eigenvalue weighted by atomic mass is 35.5. The van der Waals surface area contributed by atoms with Crippen molar-refractivity contribution < 1.29 is 36.6 Å². The van der Waals surface area contributed by atoms with Gasteiger partial charge in [0.15, 0.2) is 13.2 Å². The molecule has 94 valence electrons. The highest BCUT2D eigenvalue weighted by Gasteiger charge is 2.58. The molecular weight excluding hydrogens is 283 g/mol. The maximum atomic E-state index is 12.7. The predicted octanol–water partition coefficient (Wildman–Crippen LogP) is 3.01. The normalized spacial score (nSPS) is 12.1. The number of rotatable bonds is 5. The summed E-state index contributed by atoms with van der Waals surface area (Å²) in [7, 11) is 0. The molecule has 0 aromatic rings. The van der Waals surface area contributed by atoms with E-state index in [0.29, 0.717) is 0 Å². The van der Waals surface area contributed by atoms with Crippen molar-refractivity contribution in [3.05, 3.63) is 0 Å². The number of alkyl halides is 4. The van der Waals surface area contributed by atoms with Crippen molar-refractivity contribution in [1.82, 2.24) is 0 Å². The first kappa shape index (κ1) is 15.2. The fourth-order valence-corrected chi connectivity index (χ4v) is 0.615. The molecule has 0 radical (unpaired) electrons. The Hall–Kier alpha value is -0.760. The molecule has 0 unspecified atom stereocenters. The first-order valence-corrected chi connectivity index (χ1v) is 4.24. The Labute approximate surface area is 96.4 Å². The van der Waals surface area contributed by atoms with Crippen LogP contribution in [0.2, 0.25) is 0 Å². The van der Waals surface area contributed by atoms with Gasteiger partial charge >= 0.3 is 22.7 Å². The van der Waals surface area contributed by atoms with Crippen molar-refractivity contribution in [3.63, 3.8) is 0 Å². The zero-order chi connectivity index (χ0) is 13.0. The average molecular weight is 287 g/mol. The average Bonchev–Trinajstić information content (AvgIpc) is 2.11. The van der Waals surface area contributed by atoms with Crippen molar-refractivity contribution in [2.45, 2.75) is 11.8 Å². The monoisotopic (exact) mass is 286 g/mol.